The highest BCUT2D eigenvalue weighted by molar-refractivity contribution is 5.92. The van der Waals surface area contributed by atoms with E-state index in [2.05, 4.69) is 4.98 Å². The number of carbonyl (C=O) groups is 1. The number of nitrogens with one attached hydrogen (secondary N) is 1. The average Bonchev–Trinajstić information content (AvgIpc) is 2.87. The van der Waals surface area contributed by atoms with Gasteiger partial charge in [-0.1, -0.05) is 0 Å². The molecule has 0 spiro atoms. The van der Waals surface area contributed by atoms with Crippen molar-refractivity contribution in [2.75, 3.05) is 0 Å². The molecule has 0 fully saturated rings. The summed E-state index contributed by atoms with van der Waals surface area (Å²) in [5.41, 5.74) is 0.989. The number of hydrogen-bond acceptors (Lipinski definition) is 2. The zero-order valence-corrected chi connectivity index (χ0v) is 12.2. The molecule has 0 saturated carbocycles. The van der Waals surface area contributed by atoms with Crippen LogP contribution in [0.3, 0.4) is 0 Å². The molecular weight excluding hydrogens is 323 g/mol. The summed E-state index contributed by atoms with van der Waals surface area (Å²) in [7, 11) is 0. The Labute approximate surface area is 134 Å². The summed E-state index contributed by atoms with van der Waals surface area (Å²) >= 11 is 0. The summed E-state index contributed by atoms with van der Waals surface area (Å²) < 4.78 is 40.7. The van der Waals surface area contributed by atoms with Crippen LogP contribution in [0.15, 0.2) is 36.4 Å². The van der Waals surface area contributed by atoms with Gasteiger partial charge in [0.2, 0.25) is 0 Å². The Morgan fingerprint density at radius 2 is 1.75 bits per heavy atom. The summed E-state index contributed by atoms with van der Waals surface area (Å²) in [5.74, 6) is -3.59. The van der Waals surface area contributed by atoms with Crippen LogP contribution in [0.1, 0.15) is 5.56 Å². The Balaban J connectivity index is 2.24. The number of hydrogen-bond donors (Lipinski definition) is 3. The molecule has 0 amide bonds. The fourth-order valence-electron chi connectivity index (χ4n) is 2.63. The number of aliphatic carboxylic acids is 1. The van der Waals surface area contributed by atoms with E-state index in [0.717, 1.165) is 6.07 Å². The van der Waals surface area contributed by atoms with Gasteiger partial charge in [-0.25, -0.2) is 18.0 Å². The maximum atomic E-state index is 14.0. The minimum atomic E-state index is -1.74. The van der Waals surface area contributed by atoms with E-state index in [1.54, 1.807) is 0 Å². The van der Waals surface area contributed by atoms with Gasteiger partial charge in [-0.05, 0) is 41.5 Å². The van der Waals surface area contributed by atoms with Crippen molar-refractivity contribution in [3.05, 3.63) is 59.4 Å². The lowest BCUT2D eigenvalue weighted by Crippen LogP contribution is -2.22. The molecule has 3 aromatic rings. The zero-order chi connectivity index (χ0) is 17.4. The van der Waals surface area contributed by atoms with E-state index < -0.39 is 29.5 Å². The van der Waals surface area contributed by atoms with Gasteiger partial charge in [0.1, 0.15) is 17.5 Å². The molecule has 3 rings (SSSR count). The highest BCUT2D eigenvalue weighted by Gasteiger charge is 2.22. The summed E-state index contributed by atoms with van der Waals surface area (Å²) in [4.78, 5) is 13.7. The second-order valence-corrected chi connectivity index (χ2v) is 5.35. The molecule has 3 N–H and O–H groups in total. The smallest absolute Gasteiger partial charge is 0.332 e. The summed E-state index contributed by atoms with van der Waals surface area (Å²) in [6.07, 6.45) is -2.10. The molecule has 124 valence electrons. The molecule has 0 aliphatic carbocycles. The standard InChI is InChI=1S/C17H12F3NO3/c18-9-3-1-8(2-4-9)15-12(7-14(22)17(23)24)11-5-10(19)6-13(20)16(11)21-15/h1-6,14,21-22H,7H2,(H,23,24). The molecule has 1 heterocycles. The number of carboxylic acid groups (broad SMARTS) is 1. The number of rotatable bonds is 4. The van der Waals surface area contributed by atoms with E-state index in [1.165, 1.54) is 24.3 Å². The number of aromatic nitrogens is 1. The summed E-state index contributed by atoms with van der Waals surface area (Å²) in [5, 5.41) is 18.7. The number of aliphatic hydroxyl groups is 1. The average molecular weight is 335 g/mol. The Morgan fingerprint density at radius 1 is 1.08 bits per heavy atom. The fourth-order valence-corrected chi connectivity index (χ4v) is 2.63. The van der Waals surface area contributed by atoms with Crippen molar-refractivity contribution in [1.82, 2.24) is 4.98 Å². The van der Waals surface area contributed by atoms with Gasteiger partial charge in [-0.2, -0.15) is 0 Å². The van der Waals surface area contributed by atoms with Gasteiger partial charge < -0.3 is 15.2 Å². The van der Waals surface area contributed by atoms with Crippen LogP contribution in [0.25, 0.3) is 22.2 Å². The molecule has 4 nitrogen and oxygen atoms in total. The molecule has 24 heavy (non-hydrogen) atoms. The first-order chi connectivity index (χ1) is 11.4. The monoisotopic (exact) mass is 335 g/mol. The number of carboxylic acids is 1. The lowest BCUT2D eigenvalue weighted by atomic mass is 10.00. The topological polar surface area (TPSA) is 73.3 Å². The third kappa shape index (κ3) is 2.85. The zero-order valence-electron chi connectivity index (χ0n) is 12.2. The van der Waals surface area contributed by atoms with Crippen molar-refractivity contribution in [2.24, 2.45) is 0 Å². The van der Waals surface area contributed by atoms with Gasteiger partial charge in [-0.15, -0.1) is 0 Å². The SMILES string of the molecule is O=C(O)C(O)Cc1c(-c2ccc(F)cc2)[nH]c2c(F)cc(F)cc12. The molecule has 0 bridgehead atoms. The molecule has 0 aliphatic rings. The van der Waals surface area contributed by atoms with Crippen molar-refractivity contribution in [3.8, 4) is 11.3 Å². The van der Waals surface area contributed by atoms with E-state index in [0.29, 0.717) is 17.3 Å². The van der Waals surface area contributed by atoms with Crippen molar-refractivity contribution in [2.45, 2.75) is 12.5 Å². The molecule has 0 radical (unpaired) electrons. The first-order valence-corrected chi connectivity index (χ1v) is 7.03. The minimum Gasteiger partial charge on any atom is -0.479 e. The number of H-pyrrole nitrogens is 1. The molecule has 1 atom stereocenters. The van der Waals surface area contributed by atoms with Gasteiger partial charge in [0, 0.05) is 23.6 Å². The lowest BCUT2D eigenvalue weighted by Gasteiger charge is -2.08. The van der Waals surface area contributed by atoms with E-state index in [-0.39, 0.29) is 22.9 Å². The molecule has 0 saturated heterocycles. The van der Waals surface area contributed by atoms with Crippen LogP contribution in [0.4, 0.5) is 13.2 Å². The lowest BCUT2D eigenvalue weighted by molar-refractivity contribution is -0.146. The first kappa shape index (κ1) is 16.1. The highest BCUT2D eigenvalue weighted by Crippen LogP contribution is 2.33. The highest BCUT2D eigenvalue weighted by atomic mass is 19.1. The van der Waals surface area contributed by atoms with E-state index in [4.69, 9.17) is 5.11 Å². The van der Waals surface area contributed by atoms with Gasteiger partial charge in [0.15, 0.2) is 6.10 Å². The number of benzene rings is 2. The maximum absolute atomic E-state index is 14.0. The molecule has 1 unspecified atom stereocenters. The Morgan fingerprint density at radius 3 is 2.38 bits per heavy atom. The van der Waals surface area contributed by atoms with Crippen molar-refractivity contribution in [3.63, 3.8) is 0 Å². The van der Waals surface area contributed by atoms with E-state index in [9.17, 15) is 23.1 Å². The summed E-state index contributed by atoms with van der Waals surface area (Å²) in [6, 6.07) is 6.98. The number of aliphatic hydroxyl groups excluding tert-OH is 1. The number of halogens is 3. The Hall–Kier alpha value is -2.80. The van der Waals surface area contributed by atoms with E-state index in [1.807, 2.05) is 0 Å². The largest absolute Gasteiger partial charge is 0.479 e. The van der Waals surface area contributed by atoms with Crippen molar-refractivity contribution in [1.29, 1.82) is 0 Å². The predicted octanol–water partition coefficient (Wildman–Crippen LogP) is 3.24. The number of fused-ring (bicyclic) bond motifs is 1. The quantitative estimate of drug-likeness (QED) is 0.685. The van der Waals surface area contributed by atoms with Crippen LogP contribution in [0.5, 0.6) is 0 Å². The Kier molecular flexibility index (Phi) is 4.02. The molecule has 0 aliphatic heterocycles. The van der Waals surface area contributed by atoms with Crippen LogP contribution in [-0.2, 0) is 11.2 Å². The minimum absolute atomic E-state index is 0.0108. The fraction of sp³-hybridized carbons (Fsp3) is 0.118. The molecular formula is C17H12F3NO3. The van der Waals surface area contributed by atoms with Gasteiger partial charge in [0.25, 0.3) is 0 Å². The third-order valence-corrected chi connectivity index (χ3v) is 3.75. The van der Waals surface area contributed by atoms with Crippen LogP contribution in [0, 0.1) is 17.5 Å². The number of aromatic amines is 1. The first-order valence-electron chi connectivity index (χ1n) is 7.03. The van der Waals surface area contributed by atoms with Crippen LogP contribution in [-0.4, -0.2) is 27.3 Å². The molecule has 2 aromatic carbocycles. The van der Waals surface area contributed by atoms with Crippen molar-refractivity contribution < 1.29 is 28.2 Å². The Bertz CT molecular complexity index is 919. The van der Waals surface area contributed by atoms with E-state index >= 15 is 0 Å². The second kappa shape index (κ2) is 6.01. The van der Waals surface area contributed by atoms with Crippen LogP contribution >= 0.6 is 0 Å². The maximum Gasteiger partial charge on any atom is 0.332 e. The van der Waals surface area contributed by atoms with Gasteiger partial charge in [0.05, 0.1) is 5.52 Å². The molecule has 7 heteroatoms. The van der Waals surface area contributed by atoms with Crippen LogP contribution < -0.4 is 0 Å². The third-order valence-electron chi connectivity index (χ3n) is 3.75. The van der Waals surface area contributed by atoms with Gasteiger partial charge >= 0.3 is 5.97 Å². The van der Waals surface area contributed by atoms with Gasteiger partial charge in [-0.3, -0.25) is 0 Å². The molecule has 1 aromatic heterocycles. The predicted molar refractivity (Wildman–Crippen MR) is 81.0 cm³/mol. The normalized spacial score (nSPS) is 12.5. The van der Waals surface area contributed by atoms with Crippen molar-refractivity contribution >= 4 is 16.9 Å². The second-order valence-electron chi connectivity index (χ2n) is 5.35. The van der Waals surface area contributed by atoms with Crippen LogP contribution in [0.2, 0.25) is 0 Å². The summed E-state index contributed by atoms with van der Waals surface area (Å²) in [6.45, 7) is 0.